The molecule has 0 aliphatic heterocycles. The van der Waals surface area contributed by atoms with Crippen molar-refractivity contribution in [2.75, 3.05) is 0 Å². The molecule has 0 saturated heterocycles. The Morgan fingerprint density at radius 3 is 1.77 bits per heavy atom. The highest BCUT2D eigenvalue weighted by Crippen LogP contribution is 2.43. The lowest BCUT2D eigenvalue weighted by atomic mass is 9.77. The molecule has 0 radical (unpaired) electrons. The van der Waals surface area contributed by atoms with Crippen LogP contribution in [0, 0.1) is 13.8 Å². The predicted octanol–water partition coefficient (Wildman–Crippen LogP) is 7.43. The Balaban J connectivity index is 1.26. The smallest absolute Gasteiger partial charge is 0.184 e. The van der Waals surface area contributed by atoms with Crippen LogP contribution in [0.3, 0.4) is 0 Å². The monoisotopic (exact) mass is 612 g/mol. The summed E-state index contributed by atoms with van der Waals surface area (Å²) in [6, 6.07) is 48.5. The van der Waals surface area contributed by atoms with E-state index in [0.717, 1.165) is 62.5 Å². The van der Waals surface area contributed by atoms with Crippen molar-refractivity contribution in [3.63, 3.8) is 0 Å². The van der Waals surface area contributed by atoms with Crippen molar-refractivity contribution in [3.8, 4) is 22.5 Å². The number of benzene rings is 5. The van der Waals surface area contributed by atoms with E-state index in [1.165, 1.54) is 5.56 Å². The molecule has 8 rings (SSSR count). The van der Waals surface area contributed by atoms with Crippen molar-refractivity contribution < 1.29 is 0 Å². The molecule has 1 N–H and O–H groups in total. The van der Waals surface area contributed by atoms with Gasteiger partial charge in [-0.15, -0.1) is 14.8 Å². The van der Waals surface area contributed by atoms with Crippen LogP contribution in [-0.4, -0.2) is 40.0 Å². The van der Waals surface area contributed by atoms with Gasteiger partial charge in [-0.25, -0.2) is 4.68 Å². The molecule has 0 saturated carbocycles. The quantitative estimate of drug-likeness (QED) is 0.180. The maximum absolute atomic E-state index is 4.76. The van der Waals surface area contributed by atoms with E-state index in [1.807, 2.05) is 42.8 Å². The summed E-state index contributed by atoms with van der Waals surface area (Å²) >= 11 is 0. The predicted molar refractivity (Wildman–Crippen MR) is 183 cm³/mol. The van der Waals surface area contributed by atoms with Gasteiger partial charge >= 0.3 is 0 Å². The van der Waals surface area contributed by atoms with E-state index in [9.17, 15) is 0 Å². The Morgan fingerprint density at radius 1 is 0.617 bits per heavy atom. The number of fused-ring (bicyclic) bond motifs is 1. The zero-order chi connectivity index (χ0) is 31.8. The number of tetrazole rings is 1. The molecule has 0 fully saturated rings. The number of aromatic amines is 1. The normalized spacial score (nSPS) is 11.7. The Morgan fingerprint density at radius 2 is 1.17 bits per heavy atom. The first-order valence-electron chi connectivity index (χ1n) is 15.7. The Kier molecular flexibility index (Phi) is 7.02. The minimum Gasteiger partial charge on any atom is -0.325 e. The highest BCUT2D eigenvalue weighted by atomic mass is 15.6. The Hall–Kier alpha value is -6.15. The molecule has 47 heavy (non-hydrogen) atoms. The topological polar surface area (TPSA) is 89.6 Å². The maximum Gasteiger partial charge on any atom is 0.184 e. The molecule has 0 aliphatic rings. The van der Waals surface area contributed by atoms with Crippen LogP contribution in [0.1, 0.15) is 39.3 Å². The number of aryl methyl sites for hydroxylation is 2. The molecule has 0 spiro atoms. The van der Waals surface area contributed by atoms with Crippen molar-refractivity contribution in [2.45, 2.75) is 25.8 Å². The van der Waals surface area contributed by atoms with Gasteiger partial charge in [0.05, 0.1) is 5.69 Å². The van der Waals surface area contributed by atoms with Crippen molar-refractivity contribution in [1.82, 2.24) is 40.0 Å². The molecular weight excluding hydrogens is 580 g/mol. The molecule has 228 valence electrons. The van der Waals surface area contributed by atoms with Gasteiger partial charge in [0.2, 0.25) is 0 Å². The van der Waals surface area contributed by atoms with E-state index < -0.39 is 5.54 Å². The number of hydrogen-bond donors (Lipinski definition) is 1. The maximum atomic E-state index is 4.76. The van der Waals surface area contributed by atoms with Crippen molar-refractivity contribution in [1.29, 1.82) is 0 Å². The molecule has 3 aromatic heterocycles. The standard InChI is InChI=1S/C39H32N8/c1-27-36(37-40-28(2)43-47(37)42-27)26-29-22-24-30(25-23-29)34-20-12-13-21-35(34)38-41-44-45-46(38)39(31-14-6-3-7-15-31,32-16-8-4-9-17-32)33-18-10-5-11-19-33/h3-25H,26H2,1-2H3,(H,40,43). The first-order valence-corrected chi connectivity index (χ1v) is 15.7. The molecule has 8 aromatic rings. The first-order chi connectivity index (χ1) is 23.1. The number of nitrogens with zero attached hydrogens (tertiary/aromatic N) is 7. The summed E-state index contributed by atoms with van der Waals surface area (Å²) in [5.74, 6) is 1.52. The van der Waals surface area contributed by atoms with Gasteiger partial charge in [0.15, 0.2) is 11.5 Å². The van der Waals surface area contributed by atoms with Gasteiger partial charge < -0.3 is 4.98 Å². The fourth-order valence-electron chi connectivity index (χ4n) is 6.71. The first kappa shape index (κ1) is 28.3. The number of aromatic nitrogens is 8. The van der Waals surface area contributed by atoms with Crippen LogP contribution in [0.15, 0.2) is 140 Å². The van der Waals surface area contributed by atoms with Crippen molar-refractivity contribution in [3.05, 3.63) is 179 Å². The third kappa shape index (κ3) is 4.82. The average Bonchev–Trinajstić information content (AvgIpc) is 3.82. The van der Waals surface area contributed by atoms with Crippen LogP contribution < -0.4 is 0 Å². The van der Waals surface area contributed by atoms with E-state index in [-0.39, 0.29) is 0 Å². The highest BCUT2D eigenvalue weighted by Gasteiger charge is 2.42. The van der Waals surface area contributed by atoms with Crippen molar-refractivity contribution >= 4 is 5.65 Å². The fourth-order valence-corrected chi connectivity index (χ4v) is 6.71. The number of nitrogens with one attached hydrogen (secondary N) is 1. The van der Waals surface area contributed by atoms with Gasteiger partial charge in [0.25, 0.3) is 0 Å². The number of rotatable bonds is 8. The zero-order valence-electron chi connectivity index (χ0n) is 26.1. The SMILES string of the molecule is Cc1nn2nc(C)c(Cc3ccc(-c4ccccc4-c4nnnn4C(c4ccccc4)(c4ccccc4)c4ccccc4)cc3)c2[nH]1. The van der Waals surface area contributed by atoms with Gasteiger partial charge in [0.1, 0.15) is 11.4 Å². The van der Waals surface area contributed by atoms with Crippen LogP contribution >= 0.6 is 0 Å². The van der Waals surface area contributed by atoms with E-state index in [1.54, 1.807) is 4.63 Å². The molecule has 0 unspecified atom stereocenters. The summed E-state index contributed by atoms with van der Waals surface area (Å²) in [6.07, 6.45) is 0.755. The molecular formula is C39H32N8. The summed E-state index contributed by atoms with van der Waals surface area (Å²) < 4.78 is 3.68. The van der Waals surface area contributed by atoms with Crippen LogP contribution in [-0.2, 0) is 12.0 Å². The molecule has 0 amide bonds. The molecule has 0 bridgehead atoms. The second-order valence-corrected chi connectivity index (χ2v) is 11.8. The molecule has 3 heterocycles. The summed E-state index contributed by atoms with van der Waals surface area (Å²) in [5.41, 5.74) is 9.68. The second-order valence-electron chi connectivity index (χ2n) is 11.8. The average molecular weight is 613 g/mol. The second kappa shape index (κ2) is 11.7. The summed E-state index contributed by atoms with van der Waals surface area (Å²) in [7, 11) is 0. The zero-order valence-corrected chi connectivity index (χ0v) is 26.1. The lowest BCUT2D eigenvalue weighted by Crippen LogP contribution is -2.39. The lowest BCUT2D eigenvalue weighted by molar-refractivity contribution is 0.451. The number of H-pyrrole nitrogens is 1. The van der Waals surface area contributed by atoms with Gasteiger partial charge in [-0.2, -0.15) is 5.10 Å². The molecule has 8 heteroatoms. The molecule has 0 atom stereocenters. The molecule has 5 aromatic carbocycles. The summed E-state index contributed by atoms with van der Waals surface area (Å²) in [5, 5.41) is 22.8. The van der Waals surface area contributed by atoms with Crippen LogP contribution in [0.2, 0.25) is 0 Å². The van der Waals surface area contributed by atoms with Gasteiger partial charge in [-0.3, -0.25) is 0 Å². The third-order valence-corrected chi connectivity index (χ3v) is 8.89. The minimum absolute atomic E-state index is 0.675. The van der Waals surface area contributed by atoms with Gasteiger partial charge in [-0.1, -0.05) is 140 Å². The highest BCUT2D eigenvalue weighted by molar-refractivity contribution is 5.81. The Bertz CT molecular complexity index is 2190. The third-order valence-electron chi connectivity index (χ3n) is 8.89. The van der Waals surface area contributed by atoms with E-state index in [2.05, 4.69) is 136 Å². The van der Waals surface area contributed by atoms with Crippen molar-refractivity contribution in [2.24, 2.45) is 0 Å². The van der Waals surface area contributed by atoms with E-state index in [0.29, 0.717) is 5.82 Å². The summed E-state index contributed by atoms with van der Waals surface area (Å²) in [4.78, 5) is 3.35. The minimum atomic E-state index is -0.834. The van der Waals surface area contributed by atoms with E-state index in [4.69, 9.17) is 10.3 Å². The lowest BCUT2D eigenvalue weighted by Gasteiger charge is -2.36. The van der Waals surface area contributed by atoms with Crippen LogP contribution in [0.5, 0.6) is 0 Å². The largest absolute Gasteiger partial charge is 0.325 e. The summed E-state index contributed by atoms with van der Waals surface area (Å²) in [6.45, 7) is 3.97. The van der Waals surface area contributed by atoms with Crippen LogP contribution in [0.4, 0.5) is 0 Å². The Labute approximate surface area is 272 Å². The fraction of sp³-hybridized carbons (Fsp3) is 0.103. The molecule has 0 aliphatic carbocycles. The van der Waals surface area contributed by atoms with E-state index >= 15 is 0 Å². The van der Waals surface area contributed by atoms with Gasteiger partial charge in [0, 0.05) is 17.5 Å². The molecule has 8 nitrogen and oxygen atoms in total. The number of hydrogen-bond acceptors (Lipinski definition) is 5. The van der Waals surface area contributed by atoms with Crippen LogP contribution in [0.25, 0.3) is 28.2 Å². The van der Waals surface area contributed by atoms with Gasteiger partial charge in [-0.05, 0) is 57.7 Å².